The molecule has 0 spiro atoms. The first-order chi connectivity index (χ1) is 9.34. The average molecular weight is 250 g/mol. The summed E-state index contributed by atoms with van der Waals surface area (Å²) in [7, 11) is 0. The topological polar surface area (TPSA) is 71.8 Å². The molecule has 3 heterocycles. The summed E-state index contributed by atoms with van der Waals surface area (Å²) in [5.74, 6) is 0.284. The van der Waals surface area contributed by atoms with Crippen LogP contribution in [-0.4, -0.2) is 25.0 Å². The van der Waals surface area contributed by atoms with Gasteiger partial charge in [-0.1, -0.05) is 12.1 Å². The Bertz CT molecular complexity index is 686. The van der Waals surface area contributed by atoms with Gasteiger partial charge in [-0.15, -0.1) is 0 Å². The molecule has 3 rings (SSSR count). The molecule has 0 aliphatic heterocycles. The third-order valence-corrected chi connectivity index (χ3v) is 2.60. The summed E-state index contributed by atoms with van der Waals surface area (Å²) >= 11 is 0. The molecule has 0 radical (unpaired) electrons. The molecular weight excluding hydrogens is 240 g/mol. The van der Waals surface area contributed by atoms with Gasteiger partial charge in [0.05, 0.1) is 11.3 Å². The molecule has 0 atom stereocenters. The van der Waals surface area contributed by atoms with E-state index in [0.717, 1.165) is 0 Å². The van der Waals surface area contributed by atoms with Crippen LogP contribution in [0, 0.1) is 0 Å². The van der Waals surface area contributed by atoms with Crippen molar-refractivity contribution in [2.24, 2.45) is 0 Å². The van der Waals surface area contributed by atoms with Gasteiger partial charge in [0.2, 0.25) is 5.88 Å². The van der Waals surface area contributed by atoms with Gasteiger partial charge in [0.25, 0.3) is 0 Å². The quantitative estimate of drug-likeness (QED) is 0.755. The average Bonchev–Trinajstić information content (AvgIpc) is 2.49. The Balaban J connectivity index is 2.04. The second-order valence-electron chi connectivity index (χ2n) is 3.86. The van der Waals surface area contributed by atoms with Crippen LogP contribution in [0.4, 0.5) is 0 Å². The minimum absolute atomic E-state index is 0.102. The molecule has 0 fully saturated rings. The number of nitrogens with zero attached hydrogens (tertiary/aromatic N) is 4. The van der Waals surface area contributed by atoms with Gasteiger partial charge >= 0.3 is 0 Å². The number of aromatic nitrogens is 4. The molecule has 0 saturated carbocycles. The highest BCUT2D eigenvalue weighted by Gasteiger charge is 2.10. The summed E-state index contributed by atoms with van der Waals surface area (Å²) in [6.45, 7) is 0. The van der Waals surface area contributed by atoms with Crippen molar-refractivity contribution in [3.63, 3.8) is 0 Å². The molecule has 5 nitrogen and oxygen atoms in total. The second-order valence-corrected chi connectivity index (χ2v) is 3.86. The predicted octanol–water partition coefficient (Wildman–Crippen LogP) is 2.31. The van der Waals surface area contributed by atoms with Crippen molar-refractivity contribution < 1.29 is 5.11 Å². The van der Waals surface area contributed by atoms with Crippen LogP contribution in [0.15, 0.2) is 55.0 Å². The van der Waals surface area contributed by atoms with Crippen LogP contribution in [0.3, 0.4) is 0 Å². The fraction of sp³-hybridized carbons (Fsp3) is 0. The Labute approximate surface area is 109 Å². The molecule has 0 aliphatic rings. The third kappa shape index (κ3) is 2.26. The van der Waals surface area contributed by atoms with Gasteiger partial charge in [-0.05, 0) is 24.3 Å². The summed E-state index contributed by atoms with van der Waals surface area (Å²) < 4.78 is 0. The van der Waals surface area contributed by atoms with Crippen molar-refractivity contribution in [3.05, 3.63) is 55.0 Å². The van der Waals surface area contributed by atoms with E-state index < -0.39 is 0 Å². The molecule has 3 aromatic heterocycles. The number of pyridine rings is 2. The molecule has 3 aromatic rings. The lowest BCUT2D eigenvalue weighted by atomic mass is 10.2. The molecule has 92 valence electrons. The van der Waals surface area contributed by atoms with E-state index in [0.29, 0.717) is 22.8 Å². The molecule has 1 N–H and O–H groups in total. The van der Waals surface area contributed by atoms with Gasteiger partial charge in [0.15, 0.2) is 5.82 Å². The maximum absolute atomic E-state index is 9.99. The Kier molecular flexibility index (Phi) is 2.86. The maximum atomic E-state index is 9.99. The van der Waals surface area contributed by atoms with Crippen molar-refractivity contribution in [3.8, 4) is 28.7 Å². The van der Waals surface area contributed by atoms with Gasteiger partial charge in [0.1, 0.15) is 5.69 Å². The zero-order chi connectivity index (χ0) is 13.1. The van der Waals surface area contributed by atoms with Gasteiger partial charge in [-0.3, -0.25) is 9.97 Å². The first kappa shape index (κ1) is 11.3. The highest BCUT2D eigenvalue weighted by Crippen LogP contribution is 2.26. The molecule has 0 aliphatic carbocycles. The monoisotopic (exact) mass is 250 g/mol. The fourth-order valence-electron chi connectivity index (χ4n) is 1.69. The highest BCUT2D eigenvalue weighted by molar-refractivity contribution is 5.65. The van der Waals surface area contributed by atoms with Gasteiger partial charge in [0, 0.05) is 18.6 Å². The molecular formula is C14H10N4O. The van der Waals surface area contributed by atoms with Crippen molar-refractivity contribution in [1.29, 1.82) is 0 Å². The number of rotatable bonds is 2. The van der Waals surface area contributed by atoms with Crippen LogP contribution in [0.2, 0.25) is 0 Å². The smallest absolute Gasteiger partial charge is 0.224 e. The third-order valence-electron chi connectivity index (χ3n) is 2.60. The largest absolute Gasteiger partial charge is 0.493 e. The summed E-state index contributed by atoms with van der Waals surface area (Å²) in [6, 6.07) is 10.9. The predicted molar refractivity (Wildman–Crippen MR) is 70.2 cm³/mol. The minimum Gasteiger partial charge on any atom is -0.493 e. The lowest BCUT2D eigenvalue weighted by molar-refractivity contribution is 0.455. The number of hydrogen-bond donors (Lipinski definition) is 1. The first-order valence-electron chi connectivity index (χ1n) is 5.73. The second kappa shape index (κ2) is 4.81. The van der Waals surface area contributed by atoms with E-state index >= 15 is 0 Å². The standard InChI is InChI=1S/C14H10N4O/c19-14-10(11-5-1-3-7-15-11)9-17-13(18-14)12-6-2-4-8-16-12/h1-9H,(H,17,18,19). The molecule has 0 saturated heterocycles. The van der Waals surface area contributed by atoms with Crippen molar-refractivity contribution >= 4 is 0 Å². The van der Waals surface area contributed by atoms with Crippen LogP contribution in [0.25, 0.3) is 22.8 Å². The van der Waals surface area contributed by atoms with Gasteiger partial charge in [-0.25, -0.2) is 4.98 Å². The Morgan fingerprint density at radius 2 is 1.47 bits per heavy atom. The minimum atomic E-state index is -0.102. The van der Waals surface area contributed by atoms with Crippen LogP contribution in [0.5, 0.6) is 5.88 Å². The lowest BCUT2D eigenvalue weighted by Crippen LogP contribution is -1.93. The zero-order valence-electron chi connectivity index (χ0n) is 9.93. The maximum Gasteiger partial charge on any atom is 0.224 e. The molecule has 5 heteroatoms. The van der Waals surface area contributed by atoms with E-state index in [2.05, 4.69) is 19.9 Å². The Morgan fingerprint density at radius 3 is 2.05 bits per heavy atom. The number of hydrogen-bond acceptors (Lipinski definition) is 5. The normalized spacial score (nSPS) is 10.3. The fourth-order valence-corrected chi connectivity index (χ4v) is 1.69. The highest BCUT2D eigenvalue weighted by atomic mass is 16.3. The van der Waals surface area contributed by atoms with E-state index in [1.54, 1.807) is 30.7 Å². The summed E-state index contributed by atoms with van der Waals surface area (Å²) in [5.41, 5.74) is 1.75. The van der Waals surface area contributed by atoms with Crippen molar-refractivity contribution in [2.75, 3.05) is 0 Å². The van der Waals surface area contributed by atoms with Crippen LogP contribution in [-0.2, 0) is 0 Å². The van der Waals surface area contributed by atoms with Crippen LogP contribution >= 0.6 is 0 Å². The zero-order valence-corrected chi connectivity index (χ0v) is 9.93. The first-order valence-corrected chi connectivity index (χ1v) is 5.73. The Morgan fingerprint density at radius 1 is 0.789 bits per heavy atom. The van der Waals surface area contributed by atoms with Crippen molar-refractivity contribution in [1.82, 2.24) is 19.9 Å². The molecule has 0 aromatic carbocycles. The van der Waals surface area contributed by atoms with Gasteiger partial charge < -0.3 is 5.11 Å². The van der Waals surface area contributed by atoms with E-state index in [9.17, 15) is 5.11 Å². The van der Waals surface area contributed by atoms with Gasteiger partial charge in [-0.2, -0.15) is 4.98 Å². The number of aromatic hydroxyl groups is 1. The SMILES string of the molecule is Oc1nc(-c2ccccn2)ncc1-c1ccccn1. The van der Waals surface area contributed by atoms with E-state index in [1.165, 1.54) is 0 Å². The summed E-state index contributed by atoms with van der Waals surface area (Å²) in [6.07, 6.45) is 4.86. The molecule has 0 bridgehead atoms. The summed E-state index contributed by atoms with van der Waals surface area (Å²) in [5, 5.41) is 9.99. The van der Waals surface area contributed by atoms with E-state index in [1.807, 2.05) is 24.3 Å². The van der Waals surface area contributed by atoms with Crippen LogP contribution in [0.1, 0.15) is 0 Å². The molecule has 0 unspecified atom stereocenters. The van der Waals surface area contributed by atoms with E-state index in [-0.39, 0.29) is 5.88 Å². The summed E-state index contributed by atoms with van der Waals surface area (Å²) in [4.78, 5) is 16.6. The van der Waals surface area contributed by atoms with Crippen molar-refractivity contribution in [2.45, 2.75) is 0 Å². The van der Waals surface area contributed by atoms with Crippen LogP contribution < -0.4 is 0 Å². The van der Waals surface area contributed by atoms with E-state index in [4.69, 9.17) is 0 Å². The molecule has 19 heavy (non-hydrogen) atoms. The molecule has 0 amide bonds. The lowest BCUT2D eigenvalue weighted by Gasteiger charge is -2.04. The Hall–Kier alpha value is -2.82.